The van der Waals surface area contributed by atoms with Crippen LogP contribution < -0.4 is 0 Å². The summed E-state index contributed by atoms with van der Waals surface area (Å²) in [5.74, 6) is 0.121. The molecule has 0 radical (unpaired) electrons. The lowest BCUT2D eigenvalue weighted by Crippen LogP contribution is -2.44. The Balaban J connectivity index is 1.99. The maximum atomic E-state index is 12.7. The van der Waals surface area contributed by atoms with Gasteiger partial charge >= 0.3 is 0 Å². The maximum Gasteiger partial charge on any atom is 0.236 e. The molecular formula is C16H22ClNO2S. The molecule has 1 saturated carbocycles. The Hall–Kier alpha value is -0.710. The highest BCUT2D eigenvalue weighted by Gasteiger charge is 2.29. The molecule has 0 aromatic heterocycles. The molecule has 0 aliphatic heterocycles. The van der Waals surface area contributed by atoms with Crippen molar-refractivity contribution in [3.8, 4) is 0 Å². The van der Waals surface area contributed by atoms with Gasteiger partial charge < -0.3 is 10.0 Å². The molecule has 1 fully saturated rings. The Morgan fingerprint density at radius 3 is 2.57 bits per heavy atom. The van der Waals surface area contributed by atoms with Gasteiger partial charge in [-0.2, -0.15) is 0 Å². The van der Waals surface area contributed by atoms with Crippen LogP contribution in [0.4, 0.5) is 0 Å². The van der Waals surface area contributed by atoms with Gasteiger partial charge in [-0.25, -0.2) is 0 Å². The minimum atomic E-state index is -0.154. The highest BCUT2D eigenvalue weighted by Crippen LogP contribution is 2.29. The summed E-state index contributed by atoms with van der Waals surface area (Å²) < 4.78 is 0. The quantitative estimate of drug-likeness (QED) is 0.812. The van der Waals surface area contributed by atoms with E-state index < -0.39 is 0 Å². The van der Waals surface area contributed by atoms with Gasteiger partial charge in [-0.05, 0) is 44.0 Å². The largest absolute Gasteiger partial charge is 0.395 e. The fourth-order valence-corrected chi connectivity index (χ4v) is 3.86. The van der Waals surface area contributed by atoms with E-state index in [0.717, 1.165) is 17.7 Å². The zero-order valence-electron chi connectivity index (χ0n) is 12.3. The van der Waals surface area contributed by atoms with E-state index in [4.69, 9.17) is 11.6 Å². The topological polar surface area (TPSA) is 40.5 Å². The fourth-order valence-electron chi connectivity index (χ4n) is 2.80. The predicted molar refractivity (Wildman–Crippen MR) is 87.8 cm³/mol. The molecule has 5 heteroatoms. The summed E-state index contributed by atoms with van der Waals surface area (Å²) in [6, 6.07) is 7.84. The molecule has 1 aromatic rings. The molecule has 116 valence electrons. The molecule has 3 nitrogen and oxygen atoms in total. The van der Waals surface area contributed by atoms with Crippen LogP contribution in [0.2, 0.25) is 5.02 Å². The summed E-state index contributed by atoms with van der Waals surface area (Å²) >= 11 is 7.42. The molecule has 1 aliphatic carbocycles. The highest BCUT2D eigenvalue weighted by atomic mass is 35.5. The number of nitrogens with zero attached hydrogens (tertiary/aromatic N) is 1. The normalized spacial score (nSPS) is 16.9. The monoisotopic (exact) mass is 327 g/mol. The number of thioether (sulfide) groups is 1. The van der Waals surface area contributed by atoms with Gasteiger partial charge in [-0.1, -0.05) is 24.4 Å². The SMILES string of the molecule is CC(Sc1ccc(Cl)cc1)C(=O)N(CCO)C1CCCC1. The first-order valence-corrected chi connectivity index (χ1v) is 8.71. The third kappa shape index (κ3) is 4.63. The third-order valence-corrected chi connectivity index (χ3v) is 5.22. The van der Waals surface area contributed by atoms with E-state index in [1.54, 1.807) is 11.8 Å². The summed E-state index contributed by atoms with van der Waals surface area (Å²) in [6.07, 6.45) is 4.48. The van der Waals surface area contributed by atoms with Crippen LogP contribution in [0.25, 0.3) is 0 Å². The molecule has 1 aliphatic rings. The van der Waals surface area contributed by atoms with Crippen LogP contribution in [0, 0.1) is 0 Å². The average Bonchev–Trinajstić information content (AvgIpc) is 3.00. The van der Waals surface area contributed by atoms with E-state index in [1.807, 2.05) is 36.1 Å². The summed E-state index contributed by atoms with van der Waals surface area (Å²) in [4.78, 5) is 15.6. The first-order chi connectivity index (χ1) is 10.1. The Kier molecular flexibility index (Phi) is 6.40. The van der Waals surface area contributed by atoms with E-state index in [-0.39, 0.29) is 17.8 Å². The van der Waals surface area contributed by atoms with Crippen molar-refractivity contribution in [1.82, 2.24) is 4.90 Å². The van der Waals surface area contributed by atoms with Crippen molar-refractivity contribution in [2.75, 3.05) is 13.2 Å². The number of rotatable bonds is 6. The standard InChI is InChI=1S/C16H22ClNO2S/c1-12(21-15-8-6-13(17)7-9-15)16(20)18(10-11-19)14-4-2-3-5-14/h6-9,12,14,19H,2-5,10-11H2,1H3. The van der Waals surface area contributed by atoms with Gasteiger partial charge in [0.15, 0.2) is 0 Å². The number of aliphatic hydroxyl groups excluding tert-OH is 1. The number of carbonyl (C=O) groups excluding carboxylic acids is 1. The van der Waals surface area contributed by atoms with Crippen LogP contribution >= 0.6 is 23.4 Å². The third-order valence-electron chi connectivity index (χ3n) is 3.86. The van der Waals surface area contributed by atoms with Crippen molar-refractivity contribution >= 4 is 29.3 Å². The molecule has 1 N–H and O–H groups in total. The Labute approximate surface area is 135 Å². The van der Waals surface area contributed by atoms with Gasteiger partial charge in [-0.15, -0.1) is 11.8 Å². The fraction of sp³-hybridized carbons (Fsp3) is 0.562. The van der Waals surface area contributed by atoms with Crippen molar-refractivity contribution in [2.45, 2.75) is 48.8 Å². The van der Waals surface area contributed by atoms with Crippen molar-refractivity contribution in [2.24, 2.45) is 0 Å². The van der Waals surface area contributed by atoms with Crippen molar-refractivity contribution in [3.05, 3.63) is 29.3 Å². The van der Waals surface area contributed by atoms with E-state index in [0.29, 0.717) is 17.6 Å². The summed E-state index contributed by atoms with van der Waals surface area (Å²) in [5, 5.41) is 9.78. The molecule has 21 heavy (non-hydrogen) atoms. The summed E-state index contributed by atoms with van der Waals surface area (Å²) in [7, 11) is 0. The second kappa shape index (κ2) is 8.06. The summed E-state index contributed by atoms with van der Waals surface area (Å²) in [5.41, 5.74) is 0. The molecule has 0 spiro atoms. The first-order valence-electron chi connectivity index (χ1n) is 7.45. The number of carbonyl (C=O) groups is 1. The molecule has 1 amide bonds. The minimum absolute atomic E-state index is 0.0283. The number of benzene rings is 1. The van der Waals surface area contributed by atoms with Crippen LogP contribution in [-0.4, -0.2) is 40.4 Å². The second-order valence-electron chi connectivity index (χ2n) is 5.41. The van der Waals surface area contributed by atoms with Crippen molar-refractivity contribution in [3.63, 3.8) is 0 Å². The molecule has 2 rings (SSSR count). The van der Waals surface area contributed by atoms with Crippen LogP contribution in [-0.2, 0) is 4.79 Å². The van der Waals surface area contributed by atoms with Crippen molar-refractivity contribution < 1.29 is 9.90 Å². The number of hydrogen-bond acceptors (Lipinski definition) is 3. The zero-order chi connectivity index (χ0) is 15.2. The molecule has 1 aromatic carbocycles. The van der Waals surface area contributed by atoms with E-state index in [2.05, 4.69) is 0 Å². The molecule has 0 heterocycles. The van der Waals surface area contributed by atoms with Gasteiger partial charge in [0.05, 0.1) is 11.9 Å². The first kappa shape index (κ1) is 16.7. The molecular weight excluding hydrogens is 306 g/mol. The average molecular weight is 328 g/mol. The number of amides is 1. The van der Waals surface area contributed by atoms with E-state index >= 15 is 0 Å². The predicted octanol–water partition coefficient (Wildman–Crippen LogP) is 3.58. The smallest absolute Gasteiger partial charge is 0.236 e. The Morgan fingerprint density at radius 2 is 2.00 bits per heavy atom. The maximum absolute atomic E-state index is 12.7. The van der Waals surface area contributed by atoms with Crippen LogP contribution in [0.1, 0.15) is 32.6 Å². The Bertz CT molecular complexity index is 460. The highest BCUT2D eigenvalue weighted by molar-refractivity contribution is 8.00. The van der Waals surface area contributed by atoms with Gasteiger partial charge in [0.25, 0.3) is 0 Å². The van der Waals surface area contributed by atoms with Crippen LogP contribution in [0.3, 0.4) is 0 Å². The van der Waals surface area contributed by atoms with Gasteiger partial charge in [0.1, 0.15) is 0 Å². The van der Waals surface area contributed by atoms with Crippen LogP contribution in [0.5, 0.6) is 0 Å². The minimum Gasteiger partial charge on any atom is -0.395 e. The van der Waals surface area contributed by atoms with Gasteiger partial charge in [0.2, 0.25) is 5.91 Å². The van der Waals surface area contributed by atoms with E-state index in [1.165, 1.54) is 12.8 Å². The summed E-state index contributed by atoms with van der Waals surface area (Å²) in [6.45, 7) is 2.40. The van der Waals surface area contributed by atoms with Gasteiger partial charge in [-0.3, -0.25) is 4.79 Å². The second-order valence-corrected chi connectivity index (χ2v) is 7.26. The molecule has 0 bridgehead atoms. The zero-order valence-corrected chi connectivity index (χ0v) is 13.9. The van der Waals surface area contributed by atoms with Gasteiger partial charge in [0, 0.05) is 22.5 Å². The molecule has 0 saturated heterocycles. The lowest BCUT2D eigenvalue weighted by Gasteiger charge is -2.30. The molecule has 1 atom stereocenters. The lowest BCUT2D eigenvalue weighted by atomic mass is 10.2. The molecule has 1 unspecified atom stereocenters. The number of hydrogen-bond donors (Lipinski definition) is 1. The number of halogens is 1. The lowest BCUT2D eigenvalue weighted by molar-refractivity contribution is -0.133. The van der Waals surface area contributed by atoms with Crippen molar-refractivity contribution in [1.29, 1.82) is 0 Å². The number of aliphatic hydroxyl groups is 1. The van der Waals surface area contributed by atoms with Crippen LogP contribution in [0.15, 0.2) is 29.2 Å². The Morgan fingerprint density at radius 1 is 1.38 bits per heavy atom. The van der Waals surface area contributed by atoms with E-state index in [9.17, 15) is 9.90 Å².